The van der Waals surface area contributed by atoms with Gasteiger partial charge in [-0.1, -0.05) is 6.92 Å². The van der Waals surface area contributed by atoms with Gasteiger partial charge in [-0.25, -0.2) is 4.98 Å². The van der Waals surface area contributed by atoms with Crippen molar-refractivity contribution in [2.75, 3.05) is 24.5 Å². The average molecular weight is 276 g/mol. The minimum Gasteiger partial charge on any atom is -0.369 e. The molecule has 0 aromatic carbocycles. The lowest BCUT2D eigenvalue weighted by Gasteiger charge is -2.32. The smallest absolute Gasteiger partial charge is 0.222 e. The van der Waals surface area contributed by atoms with Gasteiger partial charge in [0.1, 0.15) is 5.82 Å². The Morgan fingerprint density at radius 3 is 3.15 bits per heavy atom. The molecule has 2 rings (SSSR count). The predicted molar refractivity (Wildman–Crippen MR) is 80.5 cm³/mol. The van der Waals surface area contributed by atoms with Crippen LogP contribution in [-0.4, -0.2) is 30.5 Å². The van der Waals surface area contributed by atoms with Gasteiger partial charge in [-0.3, -0.25) is 4.79 Å². The second kappa shape index (κ2) is 6.70. The van der Waals surface area contributed by atoms with Crippen LogP contribution in [0.2, 0.25) is 0 Å². The third-order valence-electron chi connectivity index (χ3n) is 3.93. The maximum Gasteiger partial charge on any atom is 0.222 e. The van der Waals surface area contributed by atoms with Crippen LogP contribution in [0.4, 0.5) is 5.82 Å². The number of amides is 1. The second-order valence-electron chi connectivity index (χ2n) is 5.41. The molecule has 3 N–H and O–H groups in total. The molecule has 2 heterocycles. The molecule has 110 valence electrons. The largest absolute Gasteiger partial charge is 0.369 e. The number of nitrogens with two attached hydrogens (primary N) is 1. The van der Waals surface area contributed by atoms with Gasteiger partial charge in [0, 0.05) is 25.3 Å². The quantitative estimate of drug-likeness (QED) is 0.854. The van der Waals surface area contributed by atoms with Crippen LogP contribution in [0.5, 0.6) is 0 Å². The van der Waals surface area contributed by atoms with Crippen molar-refractivity contribution >= 4 is 11.7 Å². The fourth-order valence-corrected chi connectivity index (χ4v) is 2.72. The minimum atomic E-state index is -0.202. The summed E-state index contributed by atoms with van der Waals surface area (Å²) >= 11 is 0. The number of pyridine rings is 1. The van der Waals surface area contributed by atoms with E-state index >= 15 is 0 Å². The van der Waals surface area contributed by atoms with Gasteiger partial charge in [-0.05, 0) is 44.0 Å². The van der Waals surface area contributed by atoms with Gasteiger partial charge >= 0.3 is 0 Å². The van der Waals surface area contributed by atoms with Crippen LogP contribution >= 0.6 is 0 Å². The molecule has 1 amide bonds. The number of piperidine rings is 1. The standard InChI is InChI=1S/C15H24N4O/c1-3-17-11(2)12-6-7-18-14(9-12)19-8-4-5-13(10-19)15(16)20/h6-7,9,11,13,17H,3-5,8,10H2,1-2H3,(H2,16,20). The highest BCUT2D eigenvalue weighted by atomic mass is 16.1. The van der Waals surface area contributed by atoms with Crippen molar-refractivity contribution < 1.29 is 4.79 Å². The van der Waals surface area contributed by atoms with Crippen molar-refractivity contribution in [3.05, 3.63) is 23.9 Å². The molecule has 0 spiro atoms. The third-order valence-corrected chi connectivity index (χ3v) is 3.93. The molecule has 5 heteroatoms. The molecule has 20 heavy (non-hydrogen) atoms. The van der Waals surface area contributed by atoms with Gasteiger partial charge in [0.2, 0.25) is 5.91 Å². The summed E-state index contributed by atoms with van der Waals surface area (Å²) in [5.74, 6) is 0.686. The van der Waals surface area contributed by atoms with E-state index in [2.05, 4.69) is 35.1 Å². The van der Waals surface area contributed by atoms with Crippen molar-refractivity contribution in [2.45, 2.75) is 32.7 Å². The van der Waals surface area contributed by atoms with Gasteiger partial charge in [0.25, 0.3) is 0 Å². The highest BCUT2D eigenvalue weighted by Gasteiger charge is 2.24. The number of nitrogens with zero attached hydrogens (tertiary/aromatic N) is 2. The maximum absolute atomic E-state index is 11.4. The predicted octanol–water partition coefficient (Wildman–Crippen LogP) is 1.45. The summed E-state index contributed by atoms with van der Waals surface area (Å²) in [5, 5.41) is 3.40. The molecular formula is C15H24N4O. The van der Waals surface area contributed by atoms with E-state index in [0.29, 0.717) is 12.6 Å². The van der Waals surface area contributed by atoms with Crippen LogP contribution in [0.15, 0.2) is 18.3 Å². The Hall–Kier alpha value is -1.62. The Bertz CT molecular complexity index is 463. The zero-order valence-electron chi connectivity index (χ0n) is 12.3. The minimum absolute atomic E-state index is 0.0552. The number of primary amides is 1. The first-order chi connectivity index (χ1) is 9.61. The number of anilines is 1. The normalized spacial score (nSPS) is 20.7. The molecule has 1 aliphatic heterocycles. The van der Waals surface area contributed by atoms with Gasteiger partial charge in [-0.15, -0.1) is 0 Å². The first-order valence-electron chi connectivity index (χ1n) is 7.35. The molecule has 1 aromatic heterocycles. The third kappa shape index (κ3) is 3.48. The summed E-state index contributed by atoms with van der Waals surface area (Å²) in [5.41, 5.74) is 6.65. The van der Waals surface area contributed by atoms with Crippen molar-refractivity contribution in [3.63, 3.8) is 0 Å². The Balaban J connectivity index is 2.12. The molecule has 1 saturated heterocycles. The molecule has 2 unspecified atom stereocenters. The molecule has 0 bridgehead atoms. The van der Waals surface area contributed by atoms with Crippen molar-refractivity contribution in [1.82, 2.24) is 10.3 Å². The SMILES string of the molecule is CCNC(C)c1ccnc(N2CCCC(C(N)=O)C2)c1. The molecular weight excluding hydrogens is 252 g/mol. The highest BCUT2D eigenvalue weighted by molar-refractivity contribution is 5.77. The summed E-state index contributed by atoms with van der Waals surface area (Å²) in [7, 11) is 0. The van der Waals surface area contributed by atoms with Crippen molar-refractivity contribution in [3.8, 4) is 0 Å². The second-order valence-corrected chi connectivity index (χ2v) is 5.41. The van der Waals surface area contributed by atoms with E-state index in [1.807, 2.05) is 12.3 Å². The van der Waals surface area contributed by atoms with E-state index in [-0.39, 0.29) is 11.8 Å². The van der Waals surface area contributed by atoms with Gasteiger partial charge in [0.15, 0.2) is 0 Å². The van der Waals surface area contributed by atoms with Crippen molar-refractivity contribution in [1.29, 1.82) is 0 Å². The molecule has 1 aliphatic rings. The van der Waals surface area contributed by atoms with E-state index in [1.165, 1.54) is 5.56 Å². The summed E-state index contributed by atoms with van der Waals surface area (Å²) in [4.78, 5) is 18.0. The molecule has 1 fully saturated rings. The molecule has 2 atom stereocenters. The number of rotatable bonds is 5. The molecule has 1 aromatic rings. The molecule has 0 saturated carbocycles. The summed E-state index contributed by atoms with van der Waals surface area (Å²) in [6, 6.07) is 4.45. The summed E-state index contributed by atoms with van der Waals surface area (Å²) in [6.07, 6.45) is 3.72. The first-order valence-corrected chi connectivity index (χ1v) is 7.35. The van der Waals surface area contributed by atoms with Gasteiger partial charge in [0.05, 0.1) is 5.92 Å². The Labute approximate surface area is 120 Å². The zero-order valence-corrected chi connectivity index (χ0v) is 12.3. The number of hydrogen-bond donors (Lipinski definition) is 2. The van der Waals surface area contributed by atoms with E-state index in [0.717, 1.165) is 31.7 Å². The topological polar surface area (TPSA) is 71.2 Å². The fourth-order valence-electron chi connectivity index (χ4n) is 2.72. The summed E-state index contributed by atoms with van der Waals surface area (Å²) in [6.45, 7) is 6.80. The van der Waals surface area contributed by atoms with E-state index in [4.69, 9.17) is 5.73 Å². The van der Waals surface area contributed by atoms with Crippen LogP contribution < -0.4 is 16.0 Å². The van der Waals surface area contributed by atoms with Crippen LogP contribution in [-0.2, 0) is 4.79 Å². The van der Waals surface area contributed by atoms with Gasteiger partial charge < -0.3 is 16.0 Å². The zero-order chi connectivity index (χ0) is 14.5. The summed E-state index contributed by atoms with van der Waals surface area (Å²) < 4.78 is 0. The average Bonchev–Trinajstić information content (AvgIpc) is 2.48. The monoisotopic (exact) mass is 276 g/mol. The highest BCUT2D eigenvalue weighted by Crippen LogP contribution is 2.23. The van der Waals surface area contributed by atoms with Crippen LogP contribution in [0, 0.1) is 5.92 Å². The Morgan fingerprint density at radius 1 is 1.65 bits per heavy atom. The lowest BCUT2D eigenvalue weighted by atomic mass is 9.97. The maximum atomic E-state index is 11.4. The van der Waals surface area contributed by atoms with E-state index in [1.54, 1.807) is 0 Å². The van der Waals surface area contributed by atoms with Crippen LogP contribution in [0.25, 0.3) is 0 Å². The van der Waals surface area contributed by atoms with Crippen LogP contribution in [0.3, 0.4) is 0 Å². The van der Waals surface area contributed by atoms with Crippen molar-refractivity contribution in [2.24, 2.45) is 11.7 Å². The molecule has 5 nitrogen and oxygen atoms in total. The van der Waals surface area contributed by atoms with E-state index < -0.39 is 0 Å². The molecule has 0 aliphatic carbocycles. The fraction of sp³-hybridized carbons (Fsp3) is 0.600. The number of carbonyl (C=O) groups is 1. The lowest BCUT2D eigenvalue weighted by Crippen LogP contribution is -2.41. The van der Waals surface area contributed by atoms with Crippen LogP contribution in [0.1, 0.15) is 38.3 Å². The molecule has 0 radical (unpaired) electrons. The number of nitrogens with one attached hydrogen (secondary N) is 1. The van der Waals surface area contributed by atoms with E-state index in [9.17, 15) is 4.79 Å². The van der Waals surface area contributed by atoms with Gasteiger partial charge in [-0.2, -0.15) is 0 Å². The number of aromatic nitrogens is 1. The number of hydrogen-bond acceptors (Lipinski definition) is 4. The Kier molecular flexibility index (Phi) is 4.95. The first kappa shape index (κ1) is 14.8. The number of carbonyl (C=O) groups excluding carboxylic acids is 1. The lowest BCUT2D eigenvalue weighted by molar-refractivity contribution is -0.122. The Morgan fingerprint density at radius 2 is 2.45 bits per heavy atom.